The summed E-state index contributed by atoms with van der Waals surface area (Å²) in [6.45, 7) is 1.22. The zero-order valence-electron chi connectivity index (χ0n) is 10.5. The van der Waals surface area contributed by atoms with Crippen molar-refractivity contribution in [1.29, 1.82) is 0 Å². The first-order valence-electron chi connectivity index (χ1n) is 6.59. The maximum absolute atomic E-state index is 12.1. The van der Waals surface area contributed by atoms with E-state index in [1.807, 2.05) is 4.90 Å². The molecule has 19 heavy (non-hydrogen) atoms. The van der Waals surface area contributed by atoms with Crippen LogP contribution in [0, 0.1) is 5.92 Å². The summed E-state index contributed by atoms with van der Waals surface area (Å²) in [5.74, 6) is -0.636. The average molecular weight is 264 g/mol. The topological polar surface area (TPSA) is 88.3 Å². The van der Waals surface area contributed by atoms with E-state index >= 15 is 0 Å². The maximum atomic E-state index is 12.1. The van der Waals surface area contributed by atoms with Gasteiger partial charge in [0.15, 0.2) is 5.69 Å². The summed E-state index contributed by atoms with van der Waals surface area (Å²) >= 11 is 0. The molecule has 0 bridgehead atoms. The zero-order valence-corrected chi connectivity index (χ0v) is 10.5. The van der Waals surface area contributed by atoms with Crippen molar-refractivity contribution in [3.63, 3.8) is 0 Å². The molecule has 2 heterocycles. The number of nitrogens with zero attached hydrogens (tertiary/aromatic N) is 4. The van der Waals surface area contributed by atoms with E-state index in [1.54, 1.807) is 4.68 Å². The Morgan fingerprint density at radius 1 is 1.26 bits per heavy atom. The van der Waals surface area contributed by atoms with Gasteiger partial charge in [-0.25, -0.2) is 9.48 Å². The Hall–Kier alpha value is -1.92. The molecule has 7 nitrogen and oxygen atoms in total. The van der Waals surface area contributed by atoms with Crippen LogP contribution < -0.4 is 0 Å². The number of amides is 1. The fourth-order valence-corrected chi connectivity index (χ4v) is 2.79. The first-order chi connectivity index (χ1) is 9.15. The van der Waals surface area contributed by atoms with E-state index in [0.717, 1.165) is 25.7 Å². The zero-order chi connectivity index (χ0) is 13.4. The minimum atomic E-state index is -1.08. The van der Waals surface area contributed by atoms with Gasteiger partial charge >= 0.3 is 5.97 Å². The van der Waals surface area contributed by atoms with Crippen molar-refractivity contribution in [2.75, 3.05) is 13.1 Å². The molecular weight excluding hydrogens is 248 g/mol. The van der Waals surface area contributed by atoms with Crippen LogP contribution in [0.4, 0.5) is 0 Å². The number of carboxylic acid groups (broad SMARTS) is 1. The Morgan fingerprint density at radius 2 is 1.95 bits per heavy atom. The molecule has 1 aromatic heterocycles. The van der Waals surface area contributed by atoms with E-state index in [0.29, 0.717) is 13.1 Å². The lowest BCUT2D eigenvalue weighted by atomic mass is 10.0. The van der Waals surface area contributed by atoms with Gasteiger partial charge in [-0.1, -0.05) is 18.1 Å². The third-order valence-electron chi connectivity index (χ3n) is 3.98. The molecule has 0 radical (unpaired) electrons. The molecule has 2 aliphatic rings. The summed E-state index contributed by atoms with van der Waals surface area (Å²) in [6.07, 6.45) is 5.74. The lowest BCUT2D eigenvalue weighted by molar-refractivity contribution is -0.141. The second-order valence-electron chi connectivity index (χ2n) is 5.27. The molecule has 1 amide bonds. The maximum Gasteiger partial charge on any atom is 0.358 e. The highest BCUT2D eigenvalue weighted by atomic mass is 16.4. The van der Waals surface area contributed by atoms with Gasteiger partial charge in [-0.15, -0.1) is 5.10 Å². The van der Waals surface area contributed by atoms with Crippen LogP contribution in [0.1, 0.15) is 42.2 Å². The van der Waals surface area contributed by atoms with E-state index in [1.165, 1.54) is 6.20 Å². The van der Waals surface area contributed by atoms with Crippen molar-refractivity contribution in [2.24, 2.45) is 5.92 Å². The van der Waals surface area contributed by atoms with Crippen molar-refractivity contribution < 1.29 is 14.7 Å². The first-order valence-corrected chi connectivity index (χ1v) is 6.59. The van der Waals surface area contributed by atoms with Crippen LogP contribution in [0.3, 0.4) is 0 Å². The van der Waals surface area contributed by atoms with Gasteiger partial charge in [-0.05, 0) is 12.8 Å². The molecule has 1 saturated carbocycles. The number of hydrogen-bond acceptors (Lipinski definition) is 4. The summed E-state index contributed by atoms with van der Waals surface area (Å²) < 4.78 is 1.54. The molecule has 1 aromatic rings. The van der Waals surface area contributed by atoms with Crippen LogP contribution in [0.25, 0.3) is 0 Å². The van der Waals surface area contributed by atoms with Crippen molar-refractivity contribution in [3.05, 3.63) is 11.9 Å². The summed E-state index contributed by atoms with van der Waals surface area (Å²) in [5, 5.41) is 16.1. The Balaban J connectivity index is 1.56. The molecule has 0 unspecified atom stereocenters. The van der Waals surface area contributed by atoms with Crippen LogP contribution >= 0.6 is 0 Å². The van der Waals surface area contributed by atoms with E-state index in [4.69, 9.17) is 5.11 Å². The van der Waals surface area contributed by atoms with Gasteiger partial charge in [0, 0.05) is 19.0 Å². The Labute approximate surface area is 110 Å². The van der Waals surface area contributed by atoms with E-state index in [9.17, 15) is 9.59 Å². The Bertz CT molecular complexity index is 501. The second kappa shape index (κ2) is 4.64. The Kier molecular flexibility index (Phi) is 2.96. The largest absolute Gasteiger partial charge is 0.476 e. The molecule has 1 saturated heterocycles. The lowest BCUT2D eigenvalue weighted by Gasteiger charge is -2.40. The van der Waals surface area contributed by atoms with Crippen LogP contribution in [-0.2, 0) is 4.79 Å². The highest BCUT2D eigenvalue weighted by Crippen LogP contribution is 2.30. The van der Waals surface area contributed by atoms with Gasteiger partial charge in [0.05, 0.1) is 12.2 Å². The van der Waals surface area contributed by atoms with Crippen molar-refractivity contribution in [3.8, 4) is 0 Å². The number of carboxylic acids is 1. The smallest absolute Gasteiger partial charge is 0.358 e. The molecule has 1 N–H and O–H groups in total. The molecule has 7 heteroatoms. The highest BCUT2D eigenvalue weighted by molar-refractivity contribution is 5.84. The summed E-state index contributed by atoms with van der Waals surface area (Å²) in [5.41, 5.74) is -0.0550. The fraction of sp³-hybridized carbons (Fsp3) is 0.667. The number of carbonyl (C=O) groups excluding carboxylic acids is 1. The Morgan fingerprint density at radius 3 is 2.53 bits per heavy atom. The van der Waals surface area contributed by atoms with Crippen molar-refractivity contribution in [1.82, 2.24) is 19.9 Å². The van der Waals surface area contributed by atoms with Crippen LogP contribution in [-0.4, -0.2) is 50.0 Å². The summed E-state index contributed by atoms with van der Waals surface area (Å²) in [4.78, 5) is 24.6. The molecule has 0 aromatic carbocycles. The normalized spacial score (nSPS) is 20.5. The van der Waals surface area contributed by atoms with E-state index in [-0.39, 0.29) is 23.6 Å². The third-order valence-corrected chi connectivity index (χ3v) is 3.98. The van der Waals surface area contributed by atoms with Gasteiger partial charge in [0.1, 0.15) is 0 Å². The molecule has 0 spiro atoms. The average Bonchev–Trinajstić information content (AvgIpc) is 2.98. The molecule has 1 aliphatic heterocycles. The molecular formula is C12H16N4O3. The number of aromatic carboxylic acids is 1. The van der Waals surface area contributed by atoms with Gasteiger partial charge < -0.3 is 10.0 Å². The molecule has 1 aliphatic carbocycles. The quantitative estimate of drug-likeness (QED) is 0.861. The van der Waals surface area contributed by atoms with Gasteiger partial charge in [-0.3, -0.25) is 4.79 Å². The molecule has 102 valence electrons. The molecule has 0 atom stereocenters. The van der Waals surface area contributed by atoms with Crippen LogP contribution in [0.2, 0.25) is 0 Å². The van der Waals surface area contributed by atoms with Crippen molar-refractivity contribution >= 4 is 11.9 Å². The number of rotatable bonds is 3. The first kappa shape index (κ1) is 12.1. The van der Waals surface area contributed by atoms with Crippen LogP contribution in [0.5, 0.6) is 0 Å². The minimum absolute atomic E-state index is 0.0550. The number of likely N-dealkylation sites (tertiary alicyclic amines) is 1. The SMILES string of the molecule is O=C(O)c1cn(C2CN(C(=O)C3CCCC3)C2)nn1. The number of aromatic nitrogens is 3. The lowest BCUT2D eigenvalue weighted by Crippen LogP contribution is -2.52. The molecule has 2 fully saturated rings. The van der Waals surface area contributed by atoms with Crippen molar-refractivity contribution in [2.45, 2.75) is 31.7 Å². The number of carbonyl (C=O) groups is 2. The minimum Gasteiger partial charge on any atom is -0.476 e. The van der Waals surface area contributed by atoms with Gasteiger partial charge in [-0.2, -0.15) is 0 Å². The summed E-state index contributed by atoms with van der Waals surface area (Å²) in [7, 11) is 0. The predicted molar refractivity (Wildman–Crippen MR) is 64.6 cm³/mol. The van der Waals surface area contributed by atoms with E-state index in [2.05, 4.69) is 10.3 Å². The van der Waals surface area contributed by atoms with Gasteiger partial charge in [0.2, 0.25) is 5.91 Å². The third kappa shape index (κ3) is 2.20. The van der Waals surface area contributed by atoms with Crippen LogP contribution in [0.15, 0.2) is 6.20 Å². The molecule has 3 rings (SSSR count). The predicted octanol–water partition coefficient (Wildman–Crippen LogP) is 0.550. The summed E-state index contributed by atoms with van der Waals surface area (Å²) in [6, 6.07) is 0.0611. The second-order valence-corrected chi connectivity index (χ2v) is 5.27. The monoisotopic (exact) mass is 264 g/mol. The van der Waals surface area contributed by atoms with Gasteiger partial charge in [0.25, 0.3) is 0 Å². The fourth-order valence-electron chi connectivity index (χ4n) is 2.79. The standard InChI is InChI=1S/C12H16N4O3/c17-11(8-3-1-2-4-8)15-5-9(6-15)16-7-10(12(18)19)13-14-16/h7-9H,1-6H2,(H,18,19). The van der Waals surface area contributed by atoms with E-state index < -0.39 is 5.97 Å². The number of hydrogen-bond donors (Lipinski definition) is 1. The highest BCUT2D eigenvalue weighted by Gasteiger charge is 2.36.